The van der Waals surface area contributed by atoms with Gasteiger partial charge in [0.15, 0.2) is 0 Å². The first-order valence-electron chi connectivity index (χ1n) is 4.64. The van der Waals surface area contributed by atoms with Crippen molar-refractivity contribution >= 4 is 49.7 Å². The van der Waals surface area contributed by atoms with E-state index in [9.17, 15) is 19.8 Å². The standard InChI is InChI=1S/C8H8O3.C4H6O2.Ca/c1-5-3-2-4-6(7(5)9)8(10)11;1-3(2)4(5)6;/h2-4,9H,1H3,(H,10,11);1H2,2H3,(H,5,6);/q;;+2/p-2. The van der Waals surface area contributed by atoms with Gasteiger partial charge in [0.1, 0.15) is 5.75 Å². The molecule has 1 aromatic rings. The zero-order valence-corrected chi connectivity index (χ0v) is 12.4. The Morgan fingerprint density at radius 3 is 2.00 bits per heavy atom. The molecule has 0 heterocycles. The van der Waals surface area contributed by atoms with E-state index in [4.69, 9.17) is 5.11 Å². The van der Waals surface area contributed by atoms with E-state index in [0.717, 1.165) is 0 Å². The van der Waals surface area contributed by atoms with Crippen molar-refractivity contribution in [3.05, 3.63) is 41.5 Å². The van der Waals surface area contributed by atoms with Crippen molar-refractivity contribution in [3.8, 4) is 5.75 Å². The Balaban J connectivity index is 0. The van der Waals surface area contributed by atoms with Crippen molar-refractivity contribution < 1.29 is 24.9 Å². The largest absolute Gasteiger partial charge is 2.00 e. The SMILES string of the molecule is C=C(C)C(=O)[O-].Cc1cccc(C(=O)[O-])c1O.[Ca+2]. The number of aromatic hydroxyl groups is 1. The van der Waals surface area contributed by atoms with Gasteiger partial charge in [0.05, 0.1) is 11.9 Å². The number of aliphatic carboxylic acids is 1. The average molecular weight is 276 g/mol. The number of carboxylic acids is 2. The van der Waals surface area contributed by atoms with Gasteiger partial charge in [0.25, 0.3) is 0 Å². The van der Waals surface area contributed by atoms with Crippen LogP contribution in [0.2, 0.25) is 0 Å². The molecule has 0 spiro atoms. The van der Waals surface area contributed by atoms with E-state index in [-0.39, 0.29) is 54.6 Å². The van der Waals surface area contributed by atoms with Gasteiger partial charge in [0.2, 0.25) is 0 Å². The molecule has 5 nitrogen and oxygen atoms in total. The van der Waals surface area contributed by atoms with Crippen LogP contribution in [0.15, 0.2) is 30.4 Å². The van der Waals surface area contributed by atoms with Crippen molar-refractivity contribution in [2.45, 2.75) is 13.8 Å². The molecule has 18 heavy (non-hydrogen) atoms. The molecule has 1 N–H and O–H groups in total. The summed E-state index contributed by atoms with van der Waals surface area (Å²) in [4.78, 5) is 19.8. The number of carboxylic acid groups (broad SMARTS) is 2. The van der Waals surface area contributed by atoms with Crippen molar-refractivity contribution in [1.29, 1.82) is 0 Å². The van der Waals surface area contributed by atoms with Crippen molar-refractivity contribution in [2.24, 2.45) is 0 Å². The molecule has 1 rings (SSSR count). The normalized spacial score (nSPS) is 8.33. The van der Waals surface area contributed by atoms with Crippen molar-refractivity contribution in [1.82, 2.24) is 0 Å². The minimum atomic E-state index is -1.36. The summed E-state index contributed by atoms with van der Waals surface area (Å²) in [6, 6.07) is 4.49. The summed E-state index contributed by atoms with van der Waals surface area (Å²) in [6.07, 6.45) is 0. The molecule has 0 atom stereocenters. The third kappa shape index (κ3) is 6.64. The molecule has 0 amide bonds. The fraction of sp³-hybridized carbons (Fsp3) is 0.167. The number of aryl methyl sites for hydroxylation is 1. The number of phenols is 1. The van der Waals surface area contributed by atoms with Crippen LogP contribution >= 0.6 is 0 Å². The zero-order chi connectivity index (χ0) is 13.6. The van der Waals surface area contributed by atoms with Crippen LogP contribution in [0, 0.1) is 6.92 Å². The summed E-state index contributed by atoms with van der Waals surface area (Å²) in [5, 5.41) is 28.9. The first kappa shape index (κ1) is 19.3. The summed E-state index contributed by atoms with van der Waals surface area (Å²) < 4.78 is 0. The van der Waals surface area contributed by atoms with E-state index in [2.05, 4.69) is 6.58 Å². The maximum Gasteiger partial charge on any atom is 2.00 e. The Labute approximate surface area is 135 Å². The first-order valence-corrected chi connectivity index (χ1v) is 4.64. The Morgan fingerprint density at radius 1 is 1.28 bits per heavy atom. The summed E-state index contributed by atoms with van der Waals surface area (Å²) in [5.74, 6) is -2.76. The monoisotopic (exact) mass is 276 g/mol. The zero-order valence-electron chi connectivity index (χ0n) is 10.2. The van der Waals surface area contributed by atoms with Gasteiger partial charge in [-0.05, 0) is 31.1 Å². The third-order valence-electron chi connectivity index (χ3n) is 1.81. The average Bonchev–Trinajstić information content (AvgIpc) is 2.22. The molecule has 0 aliphatic carbocycles. The van der Waals surface area contributed by atoms with E-state index >= 15 is 0 Å². The summed E-state index contributed by atoms with van der Waals surface area (Å²) in [5.41, 5.74) is 0.437. The fourth-order valence-electron chi connectivity index (χ4n) is 0.824. The van der Waals surface area contributed by atoms with E-state index in [0.29, 0.717) is 5.56 Å². The van der Waals surface area contributed by atoms with E-state index < -0.39 is 11.9 Å². The molecule has 1 aromatic carbocycles. The van der Waals surface area contributed by atoms with Gasteiger partial charge in [-0.1, -0.05) is 18.7 Å². The third-order valence-corrected chi connectivity index (χ3v) is 1.81. The fourth-order valence-corrected chi connectivity index (χ4v) is 0.824. The smallest absolute Gasteiger partial charge is 0.545 e. The molecule has 0 fully saturated rings. The molecule has 0 radical (unpaired) electrons. The first-order chi connectivity index (χ1) is 7.77. The van der Waals surface area contributed by atoms with Crippen LogP contribution in [-0.4, -0.2) is 54.8 Å². The number of aromatic carboxylic acids is 1. The van der Waals surface area contributed by atoms with Gasteiger partial charge in [-0.3, -0.25) is 0 Å². The molecule has 0 saturated heterocycles. The van der Waals surface area contributed by atoms with Gasteiger partial charge >= 0.3 is 37.7 Å². The van der Waals surface area contributed by atoms with Crippen LogP contribution < -0.4 is 10.2 Å². The molecule has 0 aliphatic rings. The summed E-state index contributed by atoms with van der Waals surface area (Å²) >= 11 is 0. The molecule has 92 valence electrons. The molecule has 0 aliphatic heterocycles. The number of para-hydroxylation sites is 1. The molecule has 0 saturated carbocycles. The number of hydrogen-bond acceptors (Lipinski definition) is 5. The van der Waals surface area contributed by atoms with Crippen LogP contribution in [0.4, 0.5) is 0 Å². The number of carbonyl (C=O) groups excluding carboxylic acids is 2. The second-order valence-corrected chi connectivity index (χ2v) is 3.33. The predicted molar refractivity (Wildman–Crippen MR) is 62.7 cm³/mol. The van der Waals surface area contributed by atoms with Gasteiger partial charge in [0, 0.05) is 5.56 Å². The number of rotatable bonds is 2. The maximum atomic E-state index is 10.3. The number of hydrogen-bond donors (Lipinski definition) is 1. The van der Waals surface area contributed by atoms with Crippen LogP contribution in [0.25, 0.3) is 0 Å². The Morgan fingerprint density at radius 2 is 1.72 bits per heavy atom. The van der Waals surface area contributed by atoms with Gasteiger partial charge in [-0.2, -0.15) is 0 Å². The quantitative estimate of drug-likeness (QED) is 0.551. The van der Waals surface area contributed by atoms with E-state index in [1.807, 2.05) is 0 Å². The Kier molecular flexibility index (Phi) is 9.61. The molecular formula is C12H12CaO5. The second kappa shape index (κ2) is 8.97. The maximum absolute atomic E-state index is 10.3. The van der Waals surface area contributed by atoms with Gasteiger partial charge in [-0.25, -0.2) is 0 Å². The molecule has 0 unspecified atom stereocenters. The Bertz CT molecular complexity index is 442. The summed E-state index contributed by atoms with van der Waals surface area (Å²) in [7, 11) is 0. The van der Waals surface area contributed by atoms with Crippen molar-refractivity contribution in [3.63, 3.8) is 0 Å². The molecule has 6 heteroatoms. The van der Waals surface area contributed by atoms with E-state index in [1.165, 1.54) is 13.0 Å². The van der Waals surface area contributed by atoms with Gasteiger partial charge < -0.3 is 24.9 Å². The van der Waals surface area contributed by atoms with E-state index in [1.54, 1.807) is 19.1 Å². The van der Waals surface area contributed by atoms with Crippen LogP contribution in [0.1, 0.15) is 22.8 Å². The minimum absolute atomic E-state index is 0. The summed E-state index contributed by atoms with van der Waals surface area (Å²) in [6.45, 7) is 6.10. The Hall–Kier alpha value is -1.04. The van der Waals surface area contributed by atoms with Crippen LogP contribution in [-0.2, 0) is 4.79 Å². The molecular weight excluding hydrogens is 264 g/mol. The topological polar surface area (TPSA) is 100 Å². The molecule has 0 aromatic heterocycles. The molecule has 0 bridgehead atoms. The van der Waals surface area contributed by atoms with Crippen LogP contribution in [0.5, 0.6) is 5.75 Å². The van der Waals surface area contributed by atoms with Crippen molar-refractivity contribution in [2.75, 3.05) is 0 Å². The van der Waals surface area contributed by atoms with Crippen LogP contribution in [0.3, 0.4) is 0 Å². The second-order valence-electron chi connectivity index (χ2n) is 3.33. The number of carbonyl (C=O) groups is 2. The predicted octanol–water partition coefficient (Wildman–Crippen LogP) is -1.00. The van der Waals surface area contributed by atoms with Gasteiger partial charge in [-0.15, -0.1) is 0 Å². The number of benzene rings is 1. The minimum Gasteiger partial charge on any atom is -0.545 e.